The van der Waals surface area contributed by atoms with Gasteiger partial charge in [0.15, 0.2) is 5.82 Å². The van der Waals surface area contributed by atoms with E-state index in [2.05, 4.69) is 14.8 Å². The highest BCUT2D eigenvalue weighted by atomic mass is 16.2. The predicted molar refractivity (Wildman–Crippen MR) is 75.2 cm³/mol. The van der Waals surface area contributed by atoms with Crippen molar-refractivity contribution in [1.82, 2.24) is 24.6 Å². The molecule has 3 rings (SSSR count). The second-order valence-electron chi connectivity index (χ2n) is 5.86. The molecule has 21 heavy (non-hydrogen) atoms. The lowest BCUT2D eigenvalue weighted by Gasteiger charge is -2.35. The quantitative estimate of drug-likeness (QED) is 0.740. The molecule has 7 heteroatoms. The zero-order chi connectivity index (χ0) is 15.0. The Labute approximate surface area is 123 Å². The van der Waals surface area contributed by atoms with Gasteiger partial charge in [-0.15, -0.1) is 10.2 Å². The van der Waals surface area contributed by atoms with E-state index in [1.54, 1.807) is 6.92 Å². The summed E-state index contributed by atoms with van der Waals surface area (Å²) in [4.78, 5) is 27.6. The van der Waals surface area contributed by atoms with Crippen LogP contribution >= 0.6 is 0 Å². The Kier molecular flexibility index (Phi) is 3.65. The Balaban J connectivity index is 1.61. The molecule has 7 nitrogen and oxygen atoms in total. The van der Waals surface area contributed by atoms with E-state index in [9.17, 15) is 9.59 Å². The lowest BCUT2D eigenvalue weighted by atomic mass is 9.95. The van der Waals surface area contributed by atoms with Crippen LogP contribution in [0.1, 0.15) is 31.4 Å². The SMILES string of the molecule is CC(=O)N1CCC(C(=O)N2CCn3c(C)nnc3C2)CC1. The summed E-state index contributed by atoms with van der Waals surface area (Å²) in [6, 6.07) is 0. The average molecular weight is 291 g/mol. The van der Waals surface area contributed by atoms with Crippen molar-refractivity contribution in [3.8, 4) is 0 Å². The molecule has 3 heterocycles. The Morgan fingerprint density at radius 3 is 2.43 bits per heavy atom. The van der Waals surface area contributed by atoms with Crippen LogP contribution in [0.5, 0.6) is 0 Å². The van der Waals surface area contributed by atoms with E-state index in [4.69, 9.17) is 0 Å². The van der Waals surface area contributed by atoms with Gasteiger partial charge in [-0.2, -0.15) is 0 Å². The second-order valence-corrected chi connectivity index (χ2v) is 5.86. The number of hydrogen-bond donors (Lipinski definition) is 0. The van der Waals surface area contributed by atoms with Crippen LogP contribution in [0.3, 0.4) is 0 Å². The number of rotatable bonds is 1. The van der Waals surface area contributed by atoms with Crippen molar-refractivity contribution in [2.75, 3.05) is 19.6 Å². The summed E-state index contributed by atoms with van der Waals surface area (Å²) < 4.78 is 2.07. The van der Waals surface area contributed by atoms with Crippen molar-refractivity contribution >= 4 is 11.8 Å². The molecule has 1 aromatic rings. The second kappa shape index (κ2) is 5.46. The highest BCUT2D eigenvalue weighted by molar-refractivity contribution is 5.79. The highest BCUT2D eigenvalue weighted by Crippen LogP contribution is 2.22. The maximum Gasteiger partial charge on any atom is 0.226 e. The maximum atomic E-state index is 12.6. The van der Waals surface area contributed by atoms with Crippen LogP contribution in [0, 0.1) is 12.8 Å². The molecule has 0 atom stereocenters. The van der Waals surface area contributed by atoms with Gasteiger partial charge < -0.3 is 14.4 Å². The molecular weight excluding hydrogens is 270 g/mol. The van der Waals surface area contributed by atoms with Gasteiger partial charge in [0.1, 0.15) is 5.82 Å². The molecule has 114 valence electrons. The Morgan fingerprint density at radius 2 is 1.76 bits per heavy atom. The normalized spacial score (nSPS) is 19.5. The van der Waals surface area contributed by atoms with Gasteiger partial charge in [-0.05, 0) is 19.8 Å². The van der Waals surface area contributed by atoms with Crippen molar-refractivity contribution in [3.63, 3.8) is 0 Å². The van der Waals surface area contributed by atoms with Crippen LogP contribution in [-0.2, 0) is 22.7 Å². The van der Waals surface area contributed by atoms with E-state index in [1.165, 1.54) is 0 Å². The van der Waals surface area contributed by atoms with Crippen molar-refractivity contribution < 1.29 is 9.59 Å². The number of likely N-dealkylation sites (tertiary alicyclic amines) is 1. The zero-order valence-corrected chi connectivity index (χ0v) is 12.6. The molecule has 1 aromatic heterocycles. The molecule has 0 saturated carbocycles. The van der Waals surface area contributed by atoms with E-state index in [0.29, 0.717) is 19.6 Å². The standard InChI is InChI=1S/C14H21N5O2/c1-10-15-16-13-9-18(7-8-19(10)13)14(21)12-3-5-17(6-4-12)11(2)20/h12H,3-9H2,1-2H3. The molecule has 0 N–H and O–H groups in total. The number of piperidine rings is 1. The average Bonchev–Trinajstić information content (AvgIpc) is 2.87. The first kappa shape index (κ1) is 14.0. The van der Waals surface area contributed by atoms with E-state index in [1.807, 2.05) is 16.7 Å². The Hall–Kier alpha value is -1.92. The van der Waals surface area contributed by atoms with E-state index in [-0.39, 0.29) is 17.7 Å². The number of nitrogens with zero attached hydrogens (tertiary/aromatic N) is 5. The molecule has 0 spiro atoms. The Morgan fingerprint density at radius 1 is 1.05 bits per heavy atom. The van der Waals surface area contributed by atoms with Crippen molar-refractivity contribution in [1.29, 1.82) is 0 Å². The minimum absolute atomic E-state index is 0.0381. The lowest BCUT2D eigenvalue weighted by molar-refractivity contribution is -0.141. The van der Waals surface area contributed by atoms with Crippen molar-refractivity contribution in [2.45, 2.75) is 39.8 Å². The zero-order valence-electron chi connectivity index (χ0n) is 12.6. The first-order valence-corrected chi connectivity index (χ1v) is 7.49. The summed E-state index contributed by atoms with van der Waals surface area (Å²) in [5.41, 5.74) is 0. The maximum absolute atomic E-state index is 12.6. The number of amides is 2. The van der Waals surface area contributed by atoms with Gasteiger partial charge in [-0.3, -0.25) is 9.59 Å². The summed E-state index contributed by atoms with van der Waals surface area (Å²) in [6.07, 6.45) is 1.53. The van der Waals surface area contributed by atoms with Crippen LogP contribution in [0.15, 0.2) is 0 Å². The highest BCUT2D eigenvalue weighted by Gasteiger charge is 2.31. The minimum Gasteiger partial charge on any atom is -0.343 e. The summed E-state index contributed by atoms with van der Waals surface area (Å²) in [6.45, 7) is 6.94. The fourth-order valence-corrected chi connectivity index (χ4v) is 3.19. The first-order valence-electron chi connectivity index (χ1n) is 7.49. The summed E-state index contributed by atoms with van der Waals surface area (Å²) >= 11 is 0. The van der Waals surface area contributed by atoms with Crippen molar-refractivity contribution in [3.05, 3.63) is 11.6 Å². The third-order valence-electron chi connectivity index (χ3n) is 4.54. The third-order valence-corrected chi connectivity index (χ3v) is 4.54. The number of fused-ring (bicyclic) bond motifs is 1. The number of aromatic nitrogens is 3. The predicted octanol–water partition coefficient (Wildman–Crippen LogP) is 0.187. The smallest absolute Gasteiger partial charge is 0.226 e. The molecule has 0 unspecified atom stereocenters. The summed E-state index contributed by atoms with van der Waals surface area (Å²) in [5.74, 6) is 2.11. The van der Waals surface area contributed by atoms with E-state index in [0.717, 1.165) is 37.6 Å². The van der Waals surface area contributed by atoms with Gasteiger partial charge in [0.25, 0.3) is 0 Å². The summed E-state index contributed by atoms with van der Waals surface area (Å²) in [5, 5.41) is 8.20. The minimum atomic E-state index is 0.0381. The van der Waals surface area contributed by atoms with Crippen LogP contribution in [0.4, 0.5) is 0 Å². The van der Waals surface area contributed by atoms with Gasteiger partial charge in [0, 0.05) is 39.0 Å². The third kappa shape index (κ3) is 2.64. The number of hydrogen-bond acceptors (Lipinski definition) is 4. The molecule has 0 bridgehead atoms. The monoisotopic (exact) mass is 291 g/mol. The fourth-order valence-electron chi connectivity index (χ4n) is 3.19. The van der Waals surface area contributed by atoms with Gasteiger partial charge in [0.2, 0.25) is 11.8 Å². The molecule has 1 fully saturated rings. The van der Waals surface area contributed by atoms with Crippen LogP contribution in [-0.4, -0.2) is 56.0 Å². The molecule has 0 aromatic carbocycles. The molecule has 0 radical (unpaired) electrons. The molecule has 2 amide bonds. The van der Waals surface area contributed by atoms with Crippen LogP contribution in [0.25, 0.3) is 0 Å². The number of carbonyl (C=O) groups excluding carboxylic acids is 2. The van der Waals surface area contributed by atoms with E-state index < -0.39 is 0 Å². The summed E-state index contributed by atoms with van der Waals surface area (Å²) in [7, 11) is 0. The first-order chi connectivity index (χ1) is 10.1. The molecular formula is C14H21N5O2. The van der Waals surface area contributed by atoms with Gasteiger partial charge in [-0.25, -0.2) is 0 Å². The Bertz CT molecular complexity index is 560. The van der Waals surface area contributed by atoms with Gasteiger partial charge in [0.05, 0.1) is 6.54 Å². The number of carbonyl (C=O) groups is 2. The van der Waals surface area contributed by atoms with Crippen molar-refractivity contribution in [2.24, 2.45) is 5.92 Å². The van der Waals surface area contributed by atoms with Crippen LogP contribution < -0.4 is 0 Å². The van der Waals surface area contributed by atoms with Gasteiger partial charge in [-0.1, -0.05) is 0 Å². The molecule has 2 aliphatic rings. The number of aryl methyl sites for hydroxylation is 1. The van der Waals surface area contributed by atoms with Crippen LogP contribution in [0.2, 0.25) is 0 Å². The topological polar surface area (TPSA) is 71.3 Å². The molecule has 2 aliphatic heterocycles. The van der Waals surface area contributed by atoms with E-state index >= 15 is 0 Å². The van der Waals surface area contributed by atoms with Gasteiger partial charge >= 0.3 is 0 Å². The molecule has 0 aliphatic carbocycles. The molecule has 1 saturated heterocycles. The lowest BCUT2D eigenvalue weighted by Crippen LogP contribution is -2.46. The largest absolute Gasteiger partial charge is 0.343 e. The fraction of sp³-hybridized carbons (Fsp3) is 0.714.